The second kappa shape index (κ2) is 4.47. The molecule has 1 atom stereocenters. The molecule has 0 aromatic heterocycles. The highest BCUT2D eigenvalue weighted by Gasteiger charge is 2.23. The third kappa shape index (κ3) is 2.48. The van der Waals surface area contributed by atoms with Gasteiger partial charge in [0.05, 0.1) is 5.92 Å². The van der Waals surface area contributed by atoms with E-state index >= 15 is 0 Å². The summed E-state index contributed by atoms with van der Waals surface area (Å²) >= 11 is 0. The Morgan fingerprint density at radius 1 is 1.38 bits per heavy atom. The monoisotopic (exact) mass is 220 g/mol. The summed E-state index contributed by atoms with van der Waals surface area (Å²) in [6, 6.07) is 6.22. The van der Waals surface area contributed by atoms with Crippen molar-refractivity contribution < 1.29 is 13.9 Å². The molecule has 1 aliphatic rings. The topological polar surface area (TPSA) is 26.3 Å². The zero-order chi connectivity index (χ0) is 11.5. The minimum atomic E-state index is -0.259. The maximum atomic E-state index is 12.7. The highest BCUT2D eigenvalue weighted by molar-refractivity contribution is 5.75. The van der Waals surface area contributed by atoms with Gasteiger partial charge in [-0.05, 0) is 43.5 Å². The molecule has 84 valence electrons. The van der Waals surface area contributed by atoms with Crippen molar-refractivity contribution in [3.05, 3.63) is 47.5 Å². The summed E-state index contributed by atoms with van der Waals surface area (Å²) in [6.07, 6.45) is 3.21. The van der Waals surface area contributed by atoms with E-state index in [1.165, 1.54) is 12.1 Å². The van der Waals surface area contributed by atoms with Gasteiger partial charge in [-0.15, -0.1) is 0 Å². The summed E-state index contributed by atoms with van der Waals surface area (Å²) in [7, 11) is 0. The fourth-order valence-electron chi connectivity index (χ4n) is 1.76. The number of carbonyl (C=O) groups is 1. The zero-order valence-electron chi connectivity index (χ0n) is 9.07. The van der Waals surface area contributed by atoms with Crippen molar-refractivity contribution in [3.63, 3.8) is 0 Å². The molecule has 0 bridgehead atoms. The first kappa shape index (κ1) is 10.9. The van der Waals surface area contributed by atoms with Crippen LogP contribution in [0.25, 0.3) is 0 Å². The van der Waals surface area contributed by atoms with Crippen LogP contribution in [0.5, 0.6) is 0 Å². The molecule has 1 unspecified atom stereocenters. The van der Waals surface area contributed by atoms with Crippen LogP contribution < -0.4 is 0 Å². The van der Waals surface area contributed by atoms with Gasteiger partial charge in [-0.1, -0.05) is 12.1 Å². The van der Waals surface area contributed by atoms with Crippen molar-refractivity contribution in [2.24, 2.45) is 5.92 Å². The second-order valence-electron chi connectivity index (χ2n) is 4.00. The van der Waals surface area contributed by atoms with E-state index < -0.39 is 0 Å². The van der Waals surface area contributed by atoms with Crippen LogP contribution >= 0.6 is 0 Å². The van der Waals surface area contributed by atoms with E-state index in [1.54, 1.807) is 19.1 Å². The Hall–Kier alpha value is -1.64. The van der Waals surface area contributed by atoms with E-state index in [0.29, 0.717) is 18.6 Å². The van der Waals surface area contributed by atoms with Crippen LogP contribution in [-0.2, 0) is 16.0 Å². The molecule has 0 N–H and O–H groups in total. The third-order valence-corrected chi connectivity index (χ3v) is 2.68. The molecule has 0 saturated heterocycles. The fraction of sp³-hybridized carbons (Fsp3) is 0.308. The highest BCUT2D eigenvalue weighted by Crippen LogP contribution is 2.21. The Kier molecular flexibility index (Phi) is 3.04. The molecule has 16 heavy (non-hydrogen) atoms. The van der Waals surface area contributed by atoms with E-state index in [4.69, 9.17) is 4.74 Å². The van der Waals surface area contributed by atoms with E-state index in [0.717, 1.165) is 5.56 Å². The molecule has 0 radical (unpaired) electrons. The standard InChI is InChI=1S/C13H13FO2/c1-9-2-5-11(13(15)16-9)8-10-3-6-12(14)7-4-10/h2-4,6-7,11H,5,8H2,1H3. The maximum absolute atomic E-state index is 12.7. The largest absolute Gasteiger partial charge is 0.431 e. The minimum Gasteiger partial charge on any atom is -0.431 e. The molecule has 0 amide bonds. The maximum Gasteiger partial charge on any atom is 0.314 e. The van der Waals surface area contributed by atoms with Crippen molar-refractivity contribution >= 4 is 5.97 Å². The van der Waals surface area contributed by atoms with Crippen molar-refractivity contribution in [1.82, 2.24) is 0 Å². The van der Waals surface area contributed by atoms with E-state index in [1.807, 2.05) is 6.08 Å². The molecule has 1 heterocycles. The van der Waals surface area contributed by atoms with Gasteiger partial charge in [0.1, 0.15) is 11.6 Å². The number of halogens is 1. The van der Waals surface area contributed by atoms with Crippen LogP contribution in [0.2, 0.25) is 0 Å². The Labute approximate surface area is 93.7 Å². The molecule has 1 aromatic rings. The van der Waals surface area contributed by atoms with Crippen molar-refractivity contribution in [1.29, 1.82) is 0 Å². The Balaban J connectivity index is 2.05. The number of allylic oxidation sites excluding steroid dienone is 2. The van der Waals surface area contributed by atoms with Gasteiger partial charge in [0.15, 0.2) is 0 Å². The average molecular weight is 220 g/mol. The van der Waals surface area contributed by atoms with Gasteiger partial charge in [-0.3, -0.25) is 4.79 Å². The molecule has 3 heteroatoms. The first-order chi connectivity index (χ1) is 7.65. The summed E-state index contributed by atoms with van der Waals surface area (Å²) in [5.74, 6) is 0.0737. The van der Waals surface area contributed by atoms with Crippen LogP contribution in [0.3, 0.4) is 0 Å². The molecule has 0 saturated carbocycles. The summed E-state index contributed by atoms with van der Waals surface area (Å²) in [5, 5.41) is 0. The third-order valence-electron chi connectivity index (χ3n) is 2.68. The first-order valence-electron chi connectivity index (χ1n) is 5.28. The molecule has 1 aliphatic heterocycles. The van der Waals surface area contributed by atoms with Crippen LogP contribution in [-0.4, -0.2) is 5.97 Å². The van der Waals surface area contributed by atoms with Gasteiger partial charge in [-0.25, -0.2) is 4.39 Å². The Morgan fingerprint density at radius 2 is 2.06 bits per heavy atom. The first-order valence-corrected chi connectivity index (χ1v) is 5.28. The van der Waals surface area contributed by atoms with Crippen LogP contribution in [0.1, 0.15) is 18.9 Å². The van der Waals surface area contributed by atoms with Crippen molar-refractivity contribution in [2.75, 3.05) is 0 Å². The molecule has 2 rings (SSSR count). The van der Waals surface area contributed by atoms with Crippen molar-refractivity contribution in [3.8, 4) is 0 Å². The Morgan fingerprint density at radius 3 is 2.69 bits per heavy atom. The molecule has 0 fully saturated rings. The molecular weight excluding hydrogens is 207 g/mol. The van der Waals surface area contributed by atoms with Gasteiger partial charge in [0.25, 0.3) is 0 Å². The average Bonchev–Trinajstić information content (AvgIpc) is 2.25. The predicted octanol–water partition coefficient (Wildman–Crippen LogP) is 2.84. The number of ether oxygens (including phenoxy) is 1. The molecule has 1 aromatic carbocycles. The van der Waals surface area contributed by atoms with Gasteiger partial charge >= 0.3 is 5.97 Å². The van der Waals surface area contributed by atoms with E-state index in [-0.39, 0.29) is 17.7 Å². The van der Waals surface area contributed by atoms with E-state index in [9.17, 15) is 9.18 Å². The quantitative estimate of drug-likeness (QED) is 0.716. The lowest BCUT2D eigenvalue weighted by Crippen LogP contribution is -2.22. The van der Waals surface area contributed by atoms with Crippen molar-refractivity contribution in [2.45, 2.75) is 19.8 Å². The molecule has 0 spiro atoms. The van der Waals surface area contributed by atoms with Gasteiger partial charge in [0, 0.05) is 0 Å². The summed E-state index contributed by atoms with van der Waals surface area (Å²) in [4.78, 5) is 11.5. The number of hydrogen-bond donors (Lipinski definition) is 0. The number of benzene rings is 1. The molecule has 2 nitrogen and oxygen atoms in total. The van der Waals surface area contributed by atoms with Gasteiger partial charge in [-0.2, -0.15) is 0 Å². The van der Waals surface area contributed by atoms with Crippen LogP contribution in [0, 0.1) is 11.7 Å². The minimum absolute atomic E-state index is 0.144. The highest BCUT2D eigenvalue weighted by atomic mass is 19.1. The number of esters is 1. The van der Waals surface area contributed by atoms with Crippen LogP contribution in [0.15, 0.2) is 36.1 Å². The lowest BCUT2D eigenvalue weighted by atomic mass is 9.95. The second-order valence-corrected chi connectivity index (χ2v) is 4.00. The normalized spacial score (nSPS) is 20.2. The molecular formula is C13H13FO2. The van der Waals surface area contributed by atoms with Gasteiger partial charge < -0.3 is 4.74 Å². The summed E-state index contributed by atoms with van der Waals surface area (Å²) < 4.78 is 17.7. The smallest absolute Gasteiger partial charge is 0.314 e. The number of carbonyl (C=O) groups excluding carboxylic acids is 1. The Bertz CT molecular complexity index is 420. The zero-order valence-corrected chi connectivity index (χ0v) is 9.07. The number of hydrogen-bond acceptors (Lipinski definition) is 2. The summed E-state index contributed by atoms with van der Waals surface area (Å²) in [5.41, 5.74) is 0.955. The number of cyclic esters (lactones) is 1. The van der Waals surface area contributed by atoms with E-state index in [2.05, 4.69) is 0 Å². The number of rotatable bonds is 2. The fourth-order valence-corrected chi connectivity index (χ4v) is 1.76. The lowest BCUT2D eigenvalue weighted by Gasteiger charge is -2.19. The predicted molar refractivity (Wildman–Crippen MR) is 58.1 cm³/mol. The lowest BCUT2D eigenvalue weighted by molar-refractivity contribution is -0.145. The van der Waals surface area contributed by atoms with Gasteiger partial charge in [0.2, 0.25) is 0 Å². The SMILES string of the molecule is CC1=CCC(Cc2ccc(F)cc2)C(=O)O1. The summed E-state index contributed by atoms with van der Waals surface area (Å²) in [6.45, 7) is 1.77. The molecule has 0 aliphatic carbocycles. The van der Waals surface area contributed by atoms with Crippen LogP contribution in [0.4, 0.5) is 4.39 Å².